The lowest BCUT2D eigenvalue weighted by Crippen LogP contribution is -2.45. The van der Waals surface area contributed by atoms with Crippen molar-refractivity contribution in [3.8, 4) is 5.75 Å². The molecule has 0 atom stereocenters. The molecule has 0 bridgehead atoms. The molecule has 0 radical (unpaired) electrons. The minimum atomic E-state index is -0.410. The van der Waals surface area contributed by atoms with E-state index in [-0.39, 0.29) is 23.7 Å². The third-order valence-corrected chi connectivity index (χ3v) is 2.80. The molecule has 1 aromatic rings. The Kier molecular flexibility index (Phi) is 4.94. The maximum absolute atomic E-state index is 11.8. The topological polar surface area (TPSA) is 78.4 Å². The van der Waals surface area contributed by atoms with Crippen LogP contribution >= 0.6 is 15.9 Å². The fraction of sp³-hybridized carbons (Fsp3) is 0.385. The van der Waals surface area contributed by atoms with Crippen molar-refractivity contribution in [1.82, 2.24) is 10.6 Å². The first kappa shape index (κ1) is 15.5. The molecule has 0 heterocycles. The lowest BCUT2D eigenvalue weighted by atomic mass is 10.1. The molecule has 0 spiro atoms. The maximum Gasteiger partial charge on any atom is 0.251 e. The zero-order valence-corrected chi connectivity index (χ0v) is 12.7. The van der Waals surface area contributed by atoms with Gasteiger partial charge in [-0.1, -0.05) is 0 Å². The molecular weight excluding hydrogens is 312 g/mol. The van der Waals surface area contributed by atoms with Gasteiger partial charge in [0.1, 0.15) is 5.75 Å². The van der Waals surface area contributed by atoms with Crippen molar-refractivity contribution in [2.75, 3.05) is 6.54 Å². The van der Waals surface area contributed by atoms with Crippen LogP contribution in [0, 0.1) is 0 Å². The van der Waals surface area contributed by atoms with Gasteiger partial charge in [-0.05, 0) is 54.9 Å². The SMILES string of the molecule is CC(C)(C)NC(=O)CNC(=O)c1ccc(Br)c(O)c1. The van der Waals surface area contributed by atoms with Crippen LogP contribution in [0.2, 0.25) is 0 Å². The normalized spacial score (nSPS) is 10.9. The van der Waals surface area contributed by atoms with Gasteiger partial charge in [-0.25, -0.2) is 0 Å². The maximum atomic E-state index is 11.8. The van der Waals surface area contributed by atoms with E-state index in [4.69, 9.17) is 0 Å². The summed E-state index contributed by atoms with van der Waals surface area (Å²) in [6.45, 7) is 5.48. The van der Waals surface area contributed by atoms with Crippen LogP contribution in [0.5, 0.6) is 5.75 Å². The van der Waals surface area contributed by atoms with Crippen molar-refractivity contribution in [2.24, 2.45) is 0 Å². The first-order valence-corrected chi connectivity index (χ1v) is 6.56. The minimum absolute atomic E-state index is 0.0215. The molecule has 6 heteroatoms. The summed E-state index contributed by atoms with van der Waals surface area (Å²) in [5.41, 5.74) is -0.0400. The van der Waals surface area contributed by atoms with E-state index in [1.807, 2.05) is 20.8 Å². The summed E-state index contributed by atoms with van der Waals surface area (Å²) in [5, 5.41) is 14.7. The van der Waals surface area contributed by atoms with E-state index in [0.29, 0.717) is 10.0 Å². The molecule has 1 rings (SSSR count). The van der Waals surface area contributed by atoms with Gasteiger partial charge >= 0.3 is 0 Å². The molecule has 0 fully saturated rings. The largest absolute Gasteiger partial charge is 0.507 e. The number of benzene rings is 1. The fourth-order valence-corrected chi connectivity index (χ4v) is 1.63. The van der Waals surface area contributed by atoms with Crippen LogP contribution in [0.25, 0.3) is 0 Å². The van der Waals surface area contributed by atoms with Crippen molar-refractivity contribution in [2.45, 2.75) is 26.3 Å². The second-order valence-corrected chi connectivity index (χ2v) is 6.00. The number of rotatable bonds is 3. The fourth-order valence-electron chi connectivity index (χ4n) is 1.38. The average Bonchev–Trinajstić information content (AvgIpc) is 2.27. The number of phenols is 1. The summed E-state index contributed by atoms with van der Waals surface area (Å²) in [5.74, 6) is -0.694. The Labute approximate surface area is 120 Å². The standard InChI is InChI=1S/C13H17BrN2O3/c1-13(2,3)16-11(18)7-15-12(19)8-4-5-9(14)10(17)6-8/h4-6,17H,7H2,1-3H3,(H,15,19)(H,16,18). The summed E-state index contributed by atoms with van der Waals surface area (Å²) in [7, 11) is 0. The third-order valence-electron chi connectivity index (χ3n) is 2.13. The van der Waals surface area contributed by atoms with Gasteiger partial charge in [-0.15, -0.1) is 0 Å². The van der Waals surface area contributed by atoms with Crippen LogP contribution in [0.3, 0.4) is 0 Å². The molecule has 1 aromatic carbocycles. The summed E-state index contributed by atoms with van der Waals surface area (Å²) in [6.07, 6.45) is 0. The molecule has 0 saturated heterocycles. The molecule has 0 unspecified atom stereocenters. The average molecular weight is 329 g/mol. The predicted octanol–water partition coefficient (Wildman–Crippen LogP) is 1.80. The molecule has 3 N–H and O–H groups in total. The highest BCUT2D eigenvalue weighted by Gasteiger charge is 2.15. The number of halogens is 1. The van der Waals surface area contributed by atoms with Gasteiger partial charge in [0.25, 0.3) is 5.91 Å². The van der Waals surface area contributed by atoms with Crippen LogP contribution < -0.4 is 10.6 Å². The number of carbonyl (C=O) groups excluding carboxylic acids is 2. The number of amides is 2. The van der Waals surface area contributed by atoms with Gasteiger partial charge in [0.2, 0.25) is 5.91 Å². The molecule has 2 amide bonds. The smallest absolute Gasteiger partial charge is 0.251 e. The van der Waals surface area contributed by atoms with Crippen molar-refractivity contribution in [1.29, 1.82) is 0 Å². The summed E-state index contributed by atoms with van der Waals surface area (Å²) >= 11 is 3.13. The first-order valence-electron chi connectivity index (χ1n) is 5.77. The Bertz CT molecular complexity index is 495. The molecule has 0 aliphatic rings. The summed E-state index contributed by atoms with van der Waals surface area (Å²) in [4.78, 5) is 23.3. The van der Waals surface area contributed by atoms with E-state index in [9.17, 15) is 14.7 Å². The van der Waals surface area contributed by atoms with Crippen LogP contribution in [0.15, 0.2) is 22.7 Å². The number of hydrogen-bond donors (Lipinski definition) is 3. The lowest BCUT2D eigenvalue weighted by molar-refractivity contribution is -0.121. The van der Waals surface area contributed by atoms with E-state index >= 15 is 0 Å². The Hall–Kier alpha value is -1.56. The Morgan fingerprint density at radius 1 is 1.32 bits per heavy atom. The van der Waals surface area contributed by atoms with Crippen molar-refractivity contribution in [3.63, 3.8) is 0 Å². The van der Waals surface area contributed by atoms with Gasteiger partial charge in [-0.3, -0.25) is 9.59 Å². The van der Waals surface area contributed by atoms with E-state index in [2.05, 4.69) is 26.6 Å². The lowest BCUT2D eigenvalue weighted by Gasteiger charge is -2.20. The van der Waals surface area contributed by atoms with Gasteiger partial charge in [0.15, 0.2) is 0 Å². The second-order valence-electron chi connectivity index (χ2n) is 5.15. The van der Waals surface area contributed by atoms with Crippen LogP contribution in [-0.2, 0) is 4.79 Å². The molecule has 19 heavy (non-hydrogen) atoms. The van der Waals surface area contributed by atoms with E-state index in [0.717, 1.165) is 0 Å². The second kappa shape index (κ2) is 6.06. The van der Waals surface area contributed by atoms with Crippen LogP contribution in [-0.4, -0.2) is 29.0 Å². The highest BCUT2D eigenvalue weighted by atomic mass is 79.9. The van der Waals surface area contributed by atoms with Crippen LogP contribution in [0.1, 0.15) is 31.1 Å². The molecule has 0 saturated carbocycles. The molecule has 0 aliphatic carbocycles. The van der Waals surface area contributed by atoms with Crippen molar-refractivity contribution < 1.29 is 14.7 Å². The van der Waals surface area contributed by atoms with Gasteiger partial charge < -0.3 is 15.7 Å². The molecular formula is C13H17BrN2O3. The Morgan fingerprint density at radius 3 is 2.47 bits per heavy atom. The number of hydrogen-bond acceptors (Lipinski definition) is 3. The quantitative estimate of drug-likeness (QED) is 0.791. The van der Waals surface area contributed by atoms with Gasteiger partial charge in [-0.2, -0.15) is 0 Å². The van der Waals surface area contributed by atoms with Gasteiger partial charge in [0.05, 0.1) is 11.0 Å². The number of carbonyl (C=O) groups is 2. The Morgan fingerprint density at radius 2 is 1.95 bits per heavy atom. The third kappa shape index (κ3) is 5.30. The first-order chi connectivity index (χ1) is 8.69. The molecule has 0 aromatic heterocycles. The molecule has 5 nitrogen and oxygen atoms in total. The molecule has 0 aliphatic heterocycles. The zero-order chi connectivity index (χ0) is 14.6. The highest BCUT2D eigenvalue weighted by molar-refractivity contribution is 9.10. The zero-order valence-electron chi connectivity index (χ0n) is 11.1. The highest BCUT2D eigenvalue weighted by Crippen LogP contribution is 2.24. The number of nitrogens with one attached hydrogen (secondary N) is 2. The monoisotopic (exact) mass is 328 g/mol. The van der Waals surface area contributed by atoms with Crippen LogP contribution in [0.4, 0.5) is 0 Å². The summed E-state index contributed by atoms with van der Waals surface area (Å²) < 4.78 is 0.509. The summed E-state index contributed by atoms with van der Waals surface area (Å²) in [6, 6.07) is 4.46. The van der Waals surface area contributed by atoms with E-state index in [1.54, 1.807) is 12.1 Å². The predicted molar refractivity (Wildman–Crippen MR) is 76.0 cm³/mol. The van der Waals surface area contributed by atoms with Crippen molar-refractivity contribution >= 4 is 27.7 Å². The van der Waals surface area contributed by atoms with Crippen molar-refractivity contribution in [3.05, 3.63) is 28.2 Å². The van der Waals surface area contributed by atoms with E-state index in [1.165, 1.54) is 6.07 Å². The Balaban J connectivity index is 2.56. The molecule has 104 valence electrons. The van der Waals surface area contributed by atoms with E-state index < -0.39 is 5.91 Å². The van der Waals surface area contributed by atoms with Gasteiger partial charge in [0, 0.05) is 11.1 Å². The number of aromatic hydroxyl groups is 1. The number of phenolic OH excluding ortho intramolecular Hbond substituents is 1. The minimum Gasteiger partial charge on any atom is -0.507 e.